The van der Waals surface area contributed by atoms with Gasteiger partial charge in [0, 0.05) is 17.6 Å². The van der Waals surface area contributed by atoms with Gasteiger partial charge in [0.1, 0.15) is 12.2 Å². The van der Waals surface area contributed by atoms with Crippen molar-refractivity contribution in [1.82, 2.24) is 4.90 Å². The zero-order valence-electron chi connectivity index (χ0n) is 15.5. The maximum atomic E-state index is 12.4. The number of likely N-dealkylation sites (tertiary alicyclic amines) is 1. The average Bonchev–Trinajstić information content (AvgIpc) is 2.76. The largest absolute Gasteiger partial charge is 0.480 e. The van der Waals surface area contributed by atoms with E-state index in [9.17, 15) is 9.59 Å². The third-order valence-electron chi connectivity index (χ3n) is 4.29. The summed E-state index contributed by atoms with van der Waals surface area (Å²) in [5.41, 5.74) is -0.352. The lowest BCUT2D eigenvalue weighted by Gasteiger charge is -2.33. The van der Waals surface area contributed by atoms with Crippen LogP contribution < -0.4 is 0 Å². The molecular formula is C19H26BrNO5. The quantitative estimate of drug-likeness (QED) is 0.779. The Hall–Kier alpha value is -1.60. The van der Waals surface area contributed by atoms with E-state index >= 15 is 0 Å². The predicted octanol–water partition coefficient (Wildman–Crippen LogP) is 4.17. The molecule has 0 saturated carbocycles. The van der Waals surface area contributed by atoms with Crippen molar-refractivity contribution in [3.63, 3.8) is 0 Å². The van der Waals surface area contributed by atoms with Crippen LogP contribution in [0, 0.1) is 0 Å². The Bertz CT molecular complexity index is 640. The molecule has 0 spiro atoms. The first-order valence-electron chi connectivity index (χ1n) is 8.71. The van der Waals surface area contributed by atoms with Crippen LogP contribution in [0.2, 0.25) is 0 Å². The van der Waals surface area contributed by atoms with Crippen LogP contribution in [0.4, 0.5) is 4.79 Å². The van der Waals surface area contributed by atoms with Crippen LogP contribution in [0.15, 0.2) is 28.7 Å². The molecule has 1 unspecified atom stereocenters. The Kier molecular flexibility index (Phi) is 6.69. The van der Waals surface area contributed by atoms with Gasteiger partial charge in [0.15, 0.2) is 0 Å². The van der Waals surface area contributed by atoms with Gasteiger partial charge < -0.3 is 19.5 Å². The van der Waals surface area contributed by atoms with Gasteiger partial charge in [-0.25, -0.2) is 9.59 Å². The molecule has 1 saturated heterocycles. The summed E-state index contributed by atoms with van der Waals surface area (Å²) in [5, 5.41) is 9.07. The molecule has 0 radical (unpaired) electrons. The molecule has 0 bridgehead atoms. The molecule has 1 aromatic rings. The highest BCUT2D eigenvalue weighted by atomic mass is 79.9. The standard InChI is InChI=1S/C19H26BrNO5/c1-18(2,3)26-17(24)21-11-4-9-19(10-12-21,25-13-16(22)23)14-5-7-15(20)8-6-14/h5-8H,4,9-13H2,1-3H3,(H,22,23). The van der Waals surface area contributed by atoms with Crippen LogP contribution in [-0.2, 0) is 19.9 Å². The first kappa shape index (κ1) is 20.7. The lowest BCUT2D eigenvalue weighted by Crippen LogP contribution is -2.38. The smallest absolute Gasteiger partial charge is 0.410 e. The number of amides is 1. The van der Waals surface area contributed by atoms with E-state index in [0.29, 0.717) is 32.4 Å². The summed E-state index contributed by atoms with van der Waals surface area (Å²) in [7, 11) is 0. The number of carbonyl (C=O) groups is 2. The second kappa shape index (κ2) is 8.39. The zero-order chi connectivity index (χ0) is 19.4. The van der Waals surface area contributed by atoms with Crippen molar-refractivity contribution in [3.8, 4) is 0 Å². The Morgan fingerprint density at radius 2 is 1.85 bits per heavy atom. The van der Waals surface area contributed by atoms with E-state index in [-0.39, 0.29) is 12.7 Å². The average molecular weight is 428 g/mol. The normalized spacial score (nSPS) is 21.2. The van der Waals surface area contributed by atoms with Gasteiger partial charge in [-0.3, -0.25) is 0 Å². The summed E-state index contributed by atoms with van der Waals surface area (Å²) >= 11 is 3.42. The molecular weight excluding hydrogens is 402 g/mol. The molecule has 6 nitrogen and oxygen atoms in total. The number of halogens is 1. The maximum Gasteiger partial charge on any atom is 0.410 e. The third kappa shape index (κ3) is 5.71. The maximum absolute atomic E-state index is 12.4. The second-order valence-corrected chi connectivity index (χ2v) is 8.42. The van der Waals surface area contributed by atoms with Crippen molar-refractivity contribution < 1.29 is 24.2 Å². The van der Waals surface area contributed by atoms with E-state index in [4.69, 9.17) is 14.6 Å². The highest BCUT2D eigenvalue weighted by molar-refractivity contribution is 9.10. The topological polar surface area (TPSA) is 76.1 Å². The van der Waals surface area contributed by atoms with Crippen LogP contribution in [0.5, 0.6) is 0 Å². The highest BCUT2D eigenvalue weighted by Gasteiger charge is 2.37. The Labute approximate surface area is 162 Å². The Balaban J connectivity index is 2.20. The van der Waals surface area contributed by atoms with Gasteiger partial charge in [-0.2, -0.15) is 0 Å². The van der Waals surface area contributed by atoms with Crippen LogP contribution in [0.25, 0.3) is 0 Å². The minimum absolute atomic E-state index is 0.345. The summed E-state index contributed by atoms with van der Waals surface area (Å²) in [6.07, 6.45) is 1.51. The van der Waals surface area contributed by atoms with Gasteiger partial charge in [-0.15, -0.1) is 0 Å². The van der Waals surface area contributed by atoms with Gasteiger partial charge in [0.2, 0.25) is 0 Å². The number of hydrogen-bond acceptors (Lipinski definition) is 4. The number of carboxylic acid groups (broad SMARTS) is 1. The molecule has 0 aromatic heterocycles. The second-order valence-electron chi connectivity index (χ2n) is 7.50. The first-order chi connectivity index (χ1) is 12.1. The zero-order valence-corrected chi connectivity index (χ0v) is 17.0. The Morgan fingerprint density at radius 3 is 2.42 bits per heavy atom. The molecule has 1 atom stereocenters. The number of ether oxygens (including phenoxy) is 2. The summed E-state index contributed by atoms with van der Waals surface area (Å²) in [4.78, 5) is 25.1. The molecule has 1 amide bonds. The van der Waals surface area contributed by atoms with Crippen molar-refractivity contribution >= 4 is 28.0 Å². The van der Waals surface area contributed by atoms with Crippen LogP contribution >= 0.6 is 15.9 Å². The van der Waals surface area contributed by atoms with E-state index in [1.807, 2.05) is 45.0 Å². The summed E-state index contributed by atoms with van der Waals surface area (Å²) < 4.78 is 12.3. The number of benzene rings is 1. The molecule has 1 heterocycles. The monoisotopic (exact) mass is 427 g/mol. The Morgan fingerprint density at radius 1 is 1.19 bits per heavy atom. The van der Waals surface area contributed by atoms with Crippen LogP contribution in [0.3, 0.4) is 0 Å². The minimum atomic E-state index is -1.00. The molecule has 144 valence electrons. The number of nitrogens with zero attached hydrogens (tertiary/aromatic N) is 1. The fourth-order valence-electron chi connectivity index (χ4n) is 3.09. The molecule has 1 aromatic carbocycles. The predicted molar refractivity (Wildman–Crippen MR) is 101 cm³/mol. The summed E-state index contributed by atoms with van der Waals surface area (Å²) in [6, 6.07) is 7.71. The molecule has 1 aliphatic rings. The lowest BCUT2D eigenvalue weighted by atomic mass is 9.86. The van der Waals surface area contributed by atoms with E-state index in [0.717, 1.165) is 10.0 Å². The first-order valence-corrected chi connectivity index (χ1v) is 9.50. The van der Waals surface area contributed by atoms with Gasteiger partial charge in [0.25, 0.3) is 0 Å². The third-order valence-corrected chi connectivity index (χ3v) is 4.82. The number of aliphatic carboxylic acids is 1. The molecule has 0 aliphatic carbocycles. The number of carbonyl (C=O) groups excluding carboxylic acids is 1. The lowest BCUT2D eigenvalue weighted by molar-refractivity contribution is -0.151. The van der Waals surface area contributed by atoms with Crippen molar-refractivity contribution in [2.45, 2.75) is 51.2 Å². The fraction of sp³-hybridized carbons (Fsp3) is 0.579. The van der Waals surface area contributed by atoms with E-state index in [1.165, 1.54) is 0 Å². The van der Waals surface area contributed by atoms with Crippen LogP contribution in [-0.4, -0.2) is 47.4 Å². The molecule has 2 rings (SSSR count). The number of hydrogen-bond donors (Lipinski definition) is 1. The van der Waals surface area contributed by atoms with Gasteiger partial charge in [-0.05, 0) is 57.7 Å². The van der Waals surface area contributed by atoms with E-state index in [2.05, 4.69) is 15.9 Å². The van der Waals surface area contributed by atoms with Crippen molar-refractivity contribution in [1.29, 1.82) is 0 Å². The van der Waals surface area contributed by atoms with Gasteiger partial charge in [-0.1, -0.05) is 28.1 Å². The summed E-state index contributed by atoms with van der Waals surface area (Å²) in [5.74, 6) is -1.00. The minimum Gasteiger partial charge on any atom is -0.480 e. The molecule has 7 heteroatoms. The van der Waals surface area contributed by atoms with Crippen molar-refractivity contribution in [2.24, 2.45) is 0 Å². The molecule has 1 fully saturated rings. The van der Waals surface area contributed by atoms with Crippen molar-refractivity contribution in [2.75, 3.05) is 19.7 Å². The fourth-order valence-corrected chi connectivity index (χ4v) is 3.35. The van der Waals surface area contributed by atoms with E-state index < -0.39 is 17.2 Å². The number of rotatable bonds is 4. The van der Waals surface area contributed by atoms with Crippen LogP contribution in [0.1, 0.15) is 45.6 Å². The SMILES string of the molecule is CC(C)(C)OC(=O)N1CCCC(OCC(=O)O)(c2ccc(Br)cc2)CC1. The van der Waals surface area contributed by atoms with E-state index in [1.54, 1.807) is 4.90 Å². The summed E-state index contributed by atoms with van der Waals surface area (Å²) in [6.45, 7) is 6.15. The molecule has 1 aliphatic heterocycles. The molecule has 1 N–H and O–H groups in total. The number of carboxylic acids is 1. The molecule has 26 heavy (non-hydrogen) atoms. The van der Waals surface area contributed by atoms with Gasteiger partial charge >= 0.3 is 12.1 Å². The highest BCUT2D eigenvalue weighted by Crippen LogP contribution is 2.37. The van der Waals surface area contributed by atoms with Crippen molar-refractivity contribution in [3.05, 3.63) is 34.3 Å². The van der Waals surface area contributed by atoms with Gasteiger partial charge in [0.05, 0.1) is 5.60 Å².